The summed E-state index contributed by atoms with van der Waals surface area (Å²) in [6.07, 6.45) is 5.28. The van der Waals surface area contributed by atoms with Crippen LogP contribution in [-0.4, -0.2) is 22.5 Å². The number of aryl methyl sites for hydroxylation is 1. The molecule has 0 aromatic carbocycles. The highest BCUT2D eigenvalue weighted by atomic mass is 79.9. The maximum absolute atomic E-state index is 5.76. The van der Waals surface area contributed by atoms with E-state index in [-0.39, 0.29) is 12.1 Å². The minimum absolute atomic E-state index is 0.0119. The molecule has 1 aromatic heterocycles. The van der Waals surface area contributed by atoms with Crippen LogP contribution in [0, 0.1) is 0 Å². The van der Waals surface area contributed by atoms with Gasteiger partial charge in [-0.1, -0.05) is 0 Å². The number of nitrogens with one attached hydrogen (secondary N) is 1. The summed E-state index contributed by atoms with van der Waals surface area (Å²) in [7, 11) is 1.91. The molecule has 90 valence electrons. The van der Waals surface area contributed by atoms with Crippen LogP contribution in [-0.2, 0) is 11.8 Å². The number of aromatic nitrogens is 2. The van der Waals surface area contributed by atoms with Gasteiger partial charge < -0.3 is 4.74 Å². The Balaban J connectivity index is 2.21. The molecule has 2 unspecified atom stereocenters. The first-order valence-corrected chi connectivity index (χ1v) is 6.28. The molecule has 3 N–H and O–H groups in total. The number of halogens is 1. The van der Waals surface area contributed by atoms with E-state index in [1.165, 1.54) is 6.42 Å². The fraction of sp³-hybridized carbons (Fsp3) is 0.700. The topological polar surface area (TPSA) is 65.1 Å². The van der Waals surface area contributed by atoms with E-state index in [9.17, 15) is 0 Å². The van der Waals surface area contributed by atoms with Crippen LogP contribution in [0.1, 0.15) is 31.0 Å². The Hall–Kier alpha value is -0.430. The minimum atomic E-state index is -0.0119. The van der Waals surface area contributed by atoms with Crippen molar-refractivity contribution in [3.8, 4) is 0 Å². The lowest BCUT2D eigenvalue weighted by Crippen LogP contribution is -2.40. The number of nitrogens with two attached hydrogens (primary N) is 1. The van der Waals surface area contributed by atoms with Gasteiger partial charge in [0.1, 0.15) is 0 Å². The van der Waals surface area contributed by atoms with Crippen LogP contribution in [0.3, 0.4) is 0 Å². The molecule has 6 heteroatoms. The minimum Gasteiger partial charge on any atom is -0.376 e. The third kappa shape index (κ3) is 2.29. The summed E-state index contributed by atoms with van der Waals surface area (Å²) < 4.78 is 8.55. The molecule has 0 saturated carbocycles. The van der Waals surface area contributed by atoms with Crippen LogP contribution in [0.15, 0.2) is 10.7 Å². The van der Waals surface area contributed by atoms with Gasteiger partial charge in [0.25, 0.3) is 0 Å². The molecule has 2 heterocycles. The third-order valence-corrected chi connectivity index (χ3v) is 3.61. The van der Waals surface area contributed by atoms with Crippen molar-refractivity contribution in [1.29, 1.82) is 0 Å². The lowest BCUT2D eigenvalue weighted by molar-refractivity contribution is -0.0100. The van der Waals surface area contributed by atoms with Gasteiger partial charge in [-0.05, 0) is 35.2 Å². The van der Waals surface area contributed by atoms with E-state index in [4.69, 9.17) is 10.6 Å². The average Bonchev–Trinajstić information content (AvgIpc) is 2.63. The number of rotatable bonds is 3. The zero-order chi connectivity index (χ0) is 11.5. The number of hydrogen-bond acceptors (Lipinski definition) is 4. The second kappa shape index (κ2) is 5.27. The molecule has 1 aliphatic rings. The Labute approximate surface area is 103 Å². The molecule has 0 aliphatic carbocycles. The van der Waals surface area contributed by atoms with E-state index in [1.54, 1.807) is 6.20 Å². The number of nitrogens with zero attached hydrogens (tertiary/aromatic N) is 2. The van der Waals surface area contributed by atoms with Gasteiger partial charge in [-0.3, -0.25) is 10.5 Å². The molecule has 2 atom stereocenters. The molecule has 0 bridgehead atoms. The molecule has 0 spiro atoms. The van der Waals surface area contributed by atoms with Crippen LogP contribution in [0.5, 0.6) is 0 Å². The number of ether oxygens (including phenoxy) is 1. The quantitative estimate of drug-likeness (QED) is 0.649. The number of hydrazine groups is 1. The second-order valence-electron chi connectivity index (χ2n) is 4.05. The molecule has 1 saturated heterocycles. The van der Waals surface area contributed by atoms with Crippen molar-refractivity contribution < 1.29 is 4.74 Å². The van der Waals surface area contributed by atoms with Crippen molar-refractivity contribution in [1.82, 2.24) is 15.2 Å². The normalized spacial score (nSPS) is 23.3. The fourth-order valence-corrected chi connectivity index (χ4v) is 2.76. The zero-order valence-corrected chi connectivity index (χ0v) is 10.9. The van der Waals surface area contributed by atoms with E-state index in [0.29, 0.717) is 0 Å². The van der Waals surface area contributed by atoms with Crippen molar-refractivity contribution in [2.24, 2.45) is 12.9 Å². The lowest BCUT2D eigenvalue weighted by atomic mass is 10.00. The van der Waals surface area contributed by atoms with Gasteiger partial charge in [0.2, 0.25) is 0 Å². The monoisotopic (exact) mass is 288 g/mol. The summed E-state index contributed by atoms with van der Waals surface area (Å²) in [6.45, 7) is 0.818. The Morgan fingerprint density at radius 3 is 3.00 bits per heavy atom. The Bertz CT molecular complexity index is 329. The first-order chi connectivity index (χ1) is 7.74. The molecule has 0 radical (unpaired) electrons. The van der Waals surface area contributed by atoms with E-state index < -0.39 is 0 Å². The highest BCUT2D eigenvalue weighted by molar-refractivity contribution is 9.10. The van der Waals surface area contributed by atoms with Crippen LogP contribution < -0.4 is 11.3 Å². The van der Waals surface area contributed by atoms with Crippen LogP contribution in [0.4, 0.5) is 0 Å². The van der Waals surface area contributed by atoms with Crippen molar-refractivity contribution in [2.75, 3.05) is 6.61 Å². The summed E-state index contributed by atoms with van der Waals surface area (Å²) in [5, 5.41) is 4.20. The van der Waals surface area contributed by atoms with Gasteiger partial charge in [-0.15, -0.1) is 0 Å². The summed E-state index contributed by atoms with van der Waals surface area (Å²) in [5.41, 5.74) is 3.88. The Kier molecular flexibility index (Phi) is 3.96. The lowest BCUT2D eigenvalue weighted by Gasteiger charge is -2.30. The van der Waals surface area contributed by atoms with Crippen molar-refractivity contribution in [2.45, 2.75) is 31.4 Å². The molecule has 1 fully saturated rings. The molecule has 5 nitrogen and oxygen atoms in total. The molecule has 1 aliphatic heterocycles. The average molecular weight is 289 g/mol. The maximum atomic E-state index is 5.76. The summed E-state index contributed by atoms with van der Waals surface area (Å²) in [6, 6.07) is -0.0119. The predicted octanol–water partition coefficient (Wildman–Crippen LogP) is 1.26. The van der Waals surface area contributed by atoms with Crippen molar-refractivity contribution >= 4 is 15.9 Å². The van der Waals surface area contributed by atoms with Crippen molar-refractivity contribution in [3.05, 3.63) is 16.4 Å². The Morgan fingerprint density at radius 1 is 1.69 bits per heavy atom. The smallest absolute Gasteiger partial charge is 0.0901 e. The summed E-state index contributed by atoms with van der Waals surface area (Å²) in [5.74, 6) is 5.64. The molecule has 2 rings (SSSR count). The summed E-state index contributed by atoms with van der Waals surface area (Å²) >= 11 is 3.49. The number of hydrogen-bond donors (Lipinski definition) is 2. The van der Waals surface area contributed by atoms with Gasteiger partial charge in [0.05, 0.1) is 28.5 Å². The van der Waals surface area contributed by atoms with Gasteiger partial charge >= 0.3 is 0 Å². The van der Waals surface area contributed by atoms with E-state index in [0.717, 1.165) is 29.6 Å². The molecule has 0 amide bonds. The highest BCUT2D eigenvalue weighted by Crippen LogP contribution is 2.29. The summed E-state index contributed by atoms with van der Waals surface area (Å²) in [4.78, 5) is 0. The van der Waals surface area contributed by atoms with E-state index in [1.807, 2.05) is 11.7 Å². The SMILES string of the molecule is Cn1ncc(Br)c1C(NN)C1CCCCO1. The zero-order valence-electron chi connectivity index (χ0n) is 9.32. The first kappa shape index (κ1) is 12.0. The molecular weight excluding hydrogens is 272 g/mol. The van der Waals surface area contributed by atoms with Crippen LogP contribution >= 0.6 is 15.9 Å². The van der Waals surface area contributed by atoms with E-state index in [2.05, 4.69) is 26.5 Å². The molecule has 1 aromatic rings. The second-order valence-corrected chi connectivity index (χ2v) is 4.91. The first-order valence-electron chi connectivity index (χ1n) is 5.49. The Morgan fingerprint density at radius 2 is 2.50 bits per heavy atom. The predicted molar refractivity (Wildman–Crippen MR) is 64.6 cm³/mol. The van der Waals surface area contributed by atoms with Gasteiger partial charge in [0, 0.05) is 13.7 Å². The van der Waals surface area contributed by atoms with Gasteiger partial charge in [-0.25, -0.2) is 5.43 Å². The van der Waals surface area contributed by atoms with Crippen LogP contribution in [0.2, 0.25) is 0 Å². The van der Waals surface area contributed by atoms with Gasteiger partial charge in [-0.2, -0.15) is 5.10 Å². The maximum Gasteiger partial charge on any atom is 0.0901 e. The van der Waals surface area contributed by atoms with E-state index >= 15 is 0 Å². The highest BCUT2D eigenvalue weighted by Gasteiger charge is 2.28. The molecule has 16 heavy (non-hydrogen) atoms. The van der Waals surface area contributed by atoms with Crippen LogP contribution in [0.25, 0.3) is 0 Å². The largest absolute Gasteiger partial charge is 0.376 e. The molecular formula is C10H17BrN4O. The van der Waals surface area contributed by atoms with Gasteiger partial charge in [0.15, 0.2) is 0 Å². The van der Waals surface area contributed by atoms with Crippen molar-refractivity contribution in [3.63, 3.8) is 0 Å². The fourth-order valence-electron chi connectivity index (χ4n) is 2.16. The third-order valence-electron chi connectivity index (χ3n) is 3.00. The standard InChI is InChI=1S/C10H17BrN4O/c1-15-10(7(11)6-13-15)9(14-12)8-4-2-3-5-16-8/h6,8-9,14H,2-5,12H2,1H3.